The molecule has 2 rings (SSSR count). The Balaban J connectivity index is 1.85. The average molecular weight is 396 g/mol. The molecule has 0 spiro atoms. The molecule has 1 N–H and O–H groups in total. The van der Waals surface area contributed by atoms with Gasteiger partial charge in [0, 0.05) is 0 Å². The van der Waals surface area contributed by atoms with Gasteiger partial charge in [-0.1, -0.05) is 41.4 Å². The number of nitrogens with one attached hydrogen (secondary N) is 1. The lowest BCUT2D eigenvalue weighted by Crippen LogP contribution is -2.24. The van der Waals surface area contributed by atoms with Crippen molar-refractivity contribution in [1.82, 2.24) is 0 Å². The second kappa shape index (κ2) is 8.92. The van der Waals surface area contributed by atoms with E-state index >= 15 is 0 Å². The molecule has 0 aliphatic heterocycles. The Morgan fingerprint density at radius 2 is 1.73 bits per heavy atom. The molecule has 0 aliphatic rings. The van der Waals surface area contributed by atoms with Crippen LogP contribution in [0.5, 0.6) is 5.75 Å². The molecular weight excluding hydrogens is 377 g/mol. The number of rotatable bonds is 6. The molecule has 7 heteroatoms. The monoisotopic (exact) mass is 395 g/mol. The number of anilines is 1. The van der Waals surface area contributed by atoms with Crippen molar-refractivity contribution in [2.75, 3.05) is 18.5 Å². The summed E-state index contributed by atoms with van der Waals surface area (Å²) in [6, 6.07) is 8.93. The van der Waals surface area contributed by atoms with Crippen molar-refractivity contribution in [2.45, 2.75) is 20.8 Å². The van der Waals surface area contributed by atoms with Crippen molar-refractivity contribution in [3.05, 3.63) is 57.1 Å². The van der Waals surface area contributed by atoms with E-state index in [1.54, 1.807) is 25.1 Å². The largest absolute Gasteiger partial charge is 0.482 e. The van der Waals surface area contributed by atoms with E-state index in [1.807, 2.05) is 26.0 Å². The molecule has 1 amide bonds. The van der Waals surface area contributed by atoms with E-state index in [0.717, 1.165) is 16.7 Å². The van der Waals surface area contributed by atoms with Crippen LogP contribution in [0.1, 0.15) is 16.7 Å². The van der Waals surface area contributed by atoms with Gasteiger partial charge in [-0.2, -0.15) is 0 Å². The van der Waals surface area contributed by atoms with Crippen LogP contribution in [-0.2, 0) is 14.3 Å². The van der Waals surface area contributed by atoms with E-state index in [0.29, 0.717) is 21.5 Å². The number of carbonyl (C=O) groups excluding carboxylic acids is 2. The van der Waals surface area contributed by atoms with Gasteiger partial charge >= 0.3 is 5.97 Å². The predicted molar refractivity (Wildman–Crippen MR) is 102 cm³/mol. The Hall–Kier alpha value is -2.24. The van der Waals surface area contributed by atoms with E-state index in [2.05, 4.69) is 5.32 Å². The molecule has 2 aromatic carbocycles. The van der Waals surface area contributed by atoms with Crippen LogP contribution in [0.15, 0.2) is 30.3 Å². The van der Waals surface area contributed by atoms with Crippen molar-refractivity contribution < 1.29 is 19.1 Å². The Labute approximate surface area is 162 Å². The summed E-state index contributed by atoms with van der Waals surface area (Å²) in [7, 11) is 0. The van der Waals surface area contributed by atoms with Crippen LogP contribution in [0.4, 0.5) is 5.69 Å². The van der Waals surface area contributed by atoms with Gasteiger partial charge < -0.3 is 14.8 Å². The fourth-order valence-corrected chi connectivity index (χ4v) is 2.62. The Bertz CT molecular complexity index is 837. The molecule has 0 radical (unpaired) electrons. The van der Waals surface area contributed by atoms with Gasteiger partial charge in [0.2, 0.25) is 0 Å². The molecule has 0 aliphatic carbocycles. The Morgan fingerprint density at radius 3 is 2.46 bits per heavy atom. The normalized spacial score (nSPS) is 10.3. The van der Waals surface area contributed by atoms with Crippen molar-refractivity contribution >= 4 is 40.8 Å². The lowest BCUT2D eigenvalue weighted by atomic mass is 10.1. The minimum atomic E-state index is -0.650. The number of aryl methyl sites for hydroxylation is 2. The van der Waals surface area contributed by atoms with Crippen LogP contribution < -0.4 is 10.1 Å². The summed E-state index contributed by atoms with van der Waals surface area (Å²) in [6.07, 6.45) is 0. The number of hydrogen-bond acceptors (Lipinski definition) is 4. The zero-order valence-corrected chi connectivity index (χ0v) is 16.2. The number of hydrogen-bond donors (Lipinski definition) is 1. The lowest BCUT2D eigenvalue weighted by Gasteiger charge is -2.12. The smallest absolute Gasteiger partial charge is 0.344 e. The van der Waals surface area contributed by atoms with Crippen molar-refractivity contribution in [2.24, 2.45) is 0 Å². The van der Waals surface area contributed by atoms with Crippen LogP contribution in [0, 0.1) is 20.8 Å². The van der Waals surface area contributed by atoms with Gasteiger partial charge in [0.1, 0.15) is 5.75 Å². The SMILES string of the molecule is Cc1cccc(OCC(=O)OCC(=O)Nc2c(Cl)ccc(C)c2Cl)c1C. The minimum absolute atomic E-state index is 0.288. The summed E-state index contributed by atoms with van der Waals surface area (Å²) < 4.78 is 10.4. The highest BCUT2D eigenvalue weighted by Gasteiger charge is 2.14. The third-order valence-electron chi connectivity index (χ3n) is 3.81. The molecule has 0 fully saturated rings. The quantitative estimate of drug-likeness (QED) is 0.732. The molecular formula is C19H19Cl2NO4. The van der Waals surface area contributed by atoms with Crippen LogP contribution in [-0.4, -0.2) is 25.1 Å². The van der Waals surface area contributed by atoms with Gasteiger partial charge in [0.25, 0.3) is 5.91 Å². The third-order valence-corrected chi connectivity index (χ3v) is 4.62. The molecule has 5 nitrogen and oxygen atoms in total. The second-order valence-electron chi connectivity index (χ2n) is 5.75. The summed E-state index contributed by atoms with van der Waals surface area (Å²) >= 11 is 12.1. The number of ether oxygens (including phenoxy) is 2. The first kappa shape index (κ1) is 20.1. The first-order valence-electron chi connectivity index (χ1n) is 7.88. The summed E-state index contributed by atoms with van der Waals surface area (Å²) in [4.78, 5) is 23.7. The average Bonchev–Trinajstić information content (AvgIpc) is 2.61. The highest BCUT2D eigenvalue weighted by atomic mass is 35.5. The molecule has 0 atom stereocenters. The predicted octanol–water partition coefficient (Wildman–Crippen LogP) is 4.48. The van der Waals surface area contributed by atoms with Crippen LogP contribution in [0.2, 0.25) is 10.0 Å². The first-order valence-corrected chi connectivity index (χ1v) is 8.64. The summed E-state index contributed by atoms with van der Waals surface area (Å²) in [5.74, 6) is -0.591. The maximum Gasteiger partial charge on any atom is 0.344 e. The molecule has 0 heterocycles. The maximum atomic E-state index is 12.0. The zero-order valence-electron chi connectivity index (χ0n) is 14.7. The number of carbonyl (C=O) groups is 2. The number of benzene rings is 2. The van der Waals surface area contributed by atoms with Gasteiger partial charge in [-0.05, 0) is 49.6 Å². The summed E-state index contributed by atoms with van der Waals surface area (Å²) in [6.45, 7) is 4.89. The van der Waals surface area contributed by atoms with E-state index in [9.17, 15) is 9.59 Å². The summed E-state index contributed by atoms with van der Waals surface area (Å²) in [5, 5.41) is 3.19. The number of halogens is 2. The molecule has 0 unspecified atom stereocenters. The standard InChI is InChI=1S/C19H19Cl2NO4/c1-11-5-4-6-15(13(11)3)25-10-17(24)26-9-16(23)22-19-14(20)8-7-12(2)18(19)21/h4-8H,9-10H2,1-3H3,(H,22,23). The Morgan fingerprint density at radius 1 is 1.00 bits per heavy atom. The van der Waals surface area contributed by atoms with E-state index in [4.69, 9.17) is 32.7 Å². The molecule has 26 heavy (non-hydrogen) atoms. The number of amides is 1. The minimum Gasteiger partial charge on any atom is -0.482 e. The fourth-order valence-electron chi connectivity index (χ4n) is 2.15. The highest BCUT2D eigenvalue weighted by Crippen LogP contribution is 2.32. The van der Waals surface area contributed by atoms with Gasteiger partial charge in [0.05, 0.1) is 15.7 Å². The first-order chi connectivity index (χ1) is 12.3. The Kier molecular flexibility index (Phi) is 6.89. The van der Waals surface area contributed by atoms with Gasteiger partial charge in [-0.25, -0.2) is 4.79 Å². The second-order valence-corrected chi connectivity index (χ2v) is 6.53. The van der Waals surface area contributed by atoms with E-state index in [1.165, 1.54) is 0 Å². The molecule has 0 bridgehead atoms. The van der Waals surface area contributed by atoms with Crippen LogP contribution in [0.25, 0.3) is 0 Å². The lowest BCUT2D eigenvalue weighted by molar-refractivity contribution is -0.149. The van der Waals surface area contributed by atoms with Crippen molar-refractivity contribution in [1.29, 1.82) is 0 Å². The van der Waals surface area contributed by atoms with Crippen molar-refractivity contribution in [3.63, 3.8) is 0 Å². The number of esters is 1. The molecule has 0 saturated heterocycles. The molecule has 0 saturated carbocycles. The maximum absolute atomic E-state index is 12.0. The van der Waals surface area contributed by atoms with Gasteiger partial charge in [0.15, 0.2) is 13.2 Å². The fraction of sp³-hybridized carbons (Fsp3) is 0.263. The summed E-state index contributed by atoms with van der Waals surface area (Å²) in [5.41, 5.74) is 3.07. The van der Waals surface area contributed by atoms with E-state index < -0.39 is 18.5 Å². The van der Waals surface area contributed by atoms with Gasteiger partial charge in [-0.15, -0.1) is 0 Å². The highest BCUT2D eigenvalue weighted by molar-refractivity contribution is 6.40. The molecule has 138 valence electrons. The van der Waals surface area contributed by atoms with Crippen LogP contribution in [0.3, 0.4) is 0 Å². The van der Waals surface area contributed by atoms with E-state index in [-0.39, 0.29) is 6.61 Å². The zero-order chi connectivity index (χ0) is 19.3. The molecule has 0 aromatic heterocycles. The van der Waals surface area contributed by atoms with Gasteiger partial charge in [-0.3, -0.25) is 4.79 Å². The third kappa shape index (κ3) is 5.13. The van der Waals surface area contributed by atoms with Crippen LogP contribution >= 0.6 is 23.2 Å². The van der Waals surface area contributed by atoms with Crippen molar-refractivity contribution in [3.8, 4) is 5.75 Å². The topological polar surface area (TPSA) is 64.6 Å². The molecule has 2 aromatic rings.